The lowest BCUT2D eigenvalue weighted by molar-refractivity contribution is 0.0404. The van der Waals surface area contributed by atoms with Crippen LogP contribution in [0.2, 0.25) is 0 Å². The fraction of sp³-hybridized carbons (Fsp3) is 0.150. The van der Waals surface area contributed by atoms with Gasteiger partial charge < -0.3 is 4.74 Å². The summed E-state index contributed by atoms with van der Waals surface area (Å²) < 4.78 is 5.99. The first kappa shape index (κ1) is 20.4. The maximum atomic E-state index is 12.6. The standard InChI is InChI=1S/C20H13BrCl3N3O2/c21-13-6-7-15-14(8-13)17(12-4-2-1-3-5-12)25-9-16-18(26-11-27(15)16)19(28)29-20(23,24)10-22/h1-8,11H,9-10H2. The van der Waals surface area contributed by atoms with Crippen molar-refractivity contribution in [3.63, 3.8) is 0 Å². The van der Waals surface area contributed by atoms with Crippen LogP contribution in [0.4, 0.5) is 0 Å². The average Bonchev–Trinajstić information content (AvgIpc) is 3.06. The number of aliphatic imine (C=N–C) groups is 1. The summed E-state index contributed by atoms with van der Waals surface area (Å²) in [5.74, 6) is -1.04. The molecule has 1 aromatic heterocycles. The lowest BCUT2D eigenvalue weighted by Crippen LogP contribution is -2.25. The molecule has 2 heterocycles. The number of fused-ring (bicyclic) bond motifs is 3. The lowest BCUT2D eigenvalue weighted by atomic mass is 10.0. The number of halogens is 4. The van der Waals surface area contributed by atoms with Gasteiger partial charge in [0.2, 0.25) is 0 Å². The number of rotatable bonds is 4. The number of hydrogen-bond donors (Lipinski definition) is 0. The molecule has 0 aliphatic carbocycles. The van der Waals surface area contributed by atoms with Crippen LogP contribution in [0.1, 0.15) is 27.3 Å². The molecule has 29 heavy (non-hydrogen) atoms. The summed E-state index contributed by atoms with van der Waals surface area (Å²) in [6.07, 6.45) is 1.56. The molecule has 0 fully saturated rings. The van der Waals surface area contributed by atoms with E-state index < -0.39 is 10.5 Å². The zero-order chi connectivity index (χ0) is 20.6. The molecule has 0 amide bonds. The Morgan fingerprint density at radius 2 is 1.97 bits per heavy atom. The highest BCUT2D eigenvalue weighted by Crippen LogP contribution is 2.31. The van der Waals surface area contributed by atoms with Gasteiger partial charge >= 0.3 is 5.97 Å². The third-order valence-electron chi connectivity index (χ3n) is 4.36. The Hall–Kier alpha value is -1.86. The number of nitrogens with zero attached hydrogens (tertiary/aromatic N) is 3. The molecular formula is C20H13BrCl3N3O2. The number of ether oxygens (including phenoxy) is 1. The quantitative estimate of drug-likeness (QED) is 0.341. The number of carbonyl (C=O) groups is 1. The number of esters is 1. The van der Waals surface area contributed by atoms with Gasteiger partial charge in [-0.2, -0.15) is 0 Å². The van der Waals surface area contributed by atoms with Crippen molar-refractivity contribution in [2.24, 2.45) is 4.99 Å². The molecule has 0 radical (unpaired) electrons. The molecule has 2 aromatic carbocycles. The van der Waals surface area contributed by atoms with Gasteiger partial charge in [0.15, 0.2) is 5.69 Å². The van der Waals surface area contributed by atoms with Gasteiger partial charge in [-0.3, -0.25) is 9.56 Å². The zero-order valence-electron chi connectivity index (χ0n) is 14.8. The van der Waals surface area contributed by atoms with Crippen LogP contribution >= 0.6 is 50.7 Å². The summed E-state index contributed by atoms with van der Waals surface area (Å²) >= 11 is 20.9. The summed E-state index contributed by atoms with van der Waals surface area (Å²) in [6.45, 7) is 0.222. The number of aromatic nitrogens is 2. The highest BCUT2D eigenvalue weighted by atomic mass is 79.9. The number of alkyl halides is 3. The van der Waals surface area contributed by atoms with Crippen molar-refractivity contribution in [2.75, 3.05) is 5.88 Å². The first-order valence-electron chi connectivity index (χ1n) is 8.53. The average molecular weight is 514 g/mol. The largest absolute Gasteiger partial charge is 0.423 e. The SMILES string of the molecule is O=C(OC(Cl)(Cl)CCl)c1ncn2c1CN=C(c1ccccc1)c1cc(Br)ccc1-2. The van der Waals surface area contributed by atoms with E-state index in [-0.39, 0.29) is 18.1 Å². The summed E-state index contributed by atoms with van der Waals surface area (Å²) in [6, 6.07) is 15.7. The molecule has 0 bridgehead atoms. The molecule has 0 saturated heterocycles. The van der Waals surface area contributed by atoms with Gasteiger partial charge in [0.05, 0.1) is 29.5 Å². The minimum Gasteiger partial charge on any atom is -0.423 e. The number of imidazole rings is 1. The van der Waals surface area contributed by atoms with E-state index in [9.17, 15) is 4.79 Å². The van der Waals surface area contributed by atoms with E-state index in [0.29, 0.717) is 5.69 Å². The first-order valence-corrected chi connectivity index (χ1v) is 10.6. The topological polar surface area (TPSA) is 56.5 Å². The summed E-state index contributed by atoms with van der Waals surface area (Å²) in [4.78, 5) is 21.6. The molecule has 0 spiro atoms. The van der Waals surface area contributed by atoms with Gasteiger partial charge in [-0.1, -0.05) is 69.5 Å². The van der Waals surface area contributed by atoms with Crippen molar-refractivity contribution in [1.82, 2.24) is 9.55 Å². The molecule has 0 saturated carbocycles. The van der Waals surface area contributed by atoms with Crippen LogP contribution in [0.25, 0.3) is 5.69 Å². The maximum absolute atomic E-state index is 12.6. The van der Waals surface area contributed by atoms with Crippen molar-refractivity contribution >= 4 is 62.4 Å². The lowest BCUT2D eigenvalue weighted by Gasteiger charge is -2.16. The zero-order valence-corrected chi connectivity index (χ0v) is 18.6. The highest BCUT2D eigenvalue weighted by Gasteiger charge is 2.32. The molecule has 1 aliphatic heterocycles. The van der Waals surface area contributed by atoms with Crippen molar-refractivity contribution in [1.29, 1.82) is 0 Å². The number of carbonyl (C=O) groups excluding carboxylic acids is 1. The van der Waals surface area contributed by atoms with Crippen LogP contribution in [0.3, 0.4) is 0 Å². The molecule has 0 N–H and O–H groups in total. The Kier molecular flexibility index (Phi) is 5.71. The second kappa shape index (κ2) is 8.11. The van der Waals surface area contributed by atoms with Crippen molar-refractivity contribution in [2.45, 2.75) is 11.1 Å². The van der Waals surface area contributed by atoms with Crippen LogP contribution in [-0.2, 0) is 11.3 Å². The summed E-state index contributed by atoms with van der Waals surface area (Å²) in [7, 11) is 0. The number of benzene rings is 2. The predicted molar refractivity (Wildman–Crippen MR) is 118 cm³/mol. The second-order valence-electron chi connectivity index (χ2n) is 6.26. The Bertz CT molecular complexity index is 1110. The van der Waals surface area contributed by atoms with Gasteiger partial charge in [-0.05, 0) is 18.2 Å². The summed E-state index contributed by atoms with van der Waals surface area (Å²) in [5.41, 5.74) is 4.20. The van der Waals surface area contributed by atoms with Crippen LogP contribution < -0.4 is 0 Å². The monoisotopic (exact) mass is 511 g/mol. The normalized spacial score (nSPS) is 13.2. The van der Waals surface area contributed by atoms with E-state index in [2.05, 4.69) is 20.9 Å². The minimum absolute atomic E-state index is 0.0905. The van der Waals surface area contributed by atoms with Crippen LogP contribution in [0, 0.1) is 0 Å². The molecule has 0 unspecified atom stereocenters. The number of hydrogen-bond acceptors (Lipinski definition) is 4. The van der Waals surface area contributed by atoms with Crippen molar-refractivity contribution in [3.8, 4) is 5.69 Å². The van der Waals surface area contributed by atoms with E-state index in [4.69, 9.17) is 44.5 Å². The predicted octanol–water partition coefficient (Wildman–Crippen LogP) is 5.51. The van der Waals surface area contributed by atoms with Crippen LogP contribution in [-0.4, -0.2) is 31.6 Å². The van der Waals surface area contributed by atoms with E-state index >= 15 is 0 Å². The Balaban J connectivity index is 1.84. The first-order chi connectivity index (χ1) is 13.9. The molecule has 0 atom stereocenters. The van der Waals surface area contributed by atoms with Crippen molar-refractivity contribution < 1.29 is 9.53 Å². The van der Waals surface area contributed by atoms with Crippen molar-refractivity contribution in [3.05, 3.63) is 81.8 Å². The van der Waals surface area contributed by atoms with E-state index in [1.165, 1.54) is 0 Å². The minimum atomic E-state index is -1.83. The molecule has 4 rings (SSSR count). The van der Waals surface area contributed by atoms with Gasteiger partial charge in [0, 0.05) is 15.6 Å². The van der Waals surface area contributed by atoms with Gasteiger partial charge in [-0.15, -0.1) is 11.6 Å². The third-order valence-corrected chi connectivity index (χ3v) is 5.93. The Morgan fingerprint density at radius 3 is 2.69 bits per heavy atom. The van der Waals surface area contributed by atoms with Gasteiger partial charge in [0.25, 0.3) is 4.52 Å². The van der Waals surface area contributed by atoms with Gasteiger partial charge in [0.1, 0.15) is 6.33 Å². The fourth-order valence-corrected chi connectivity index (χ4v) is 3.66. The fourth-order valence-electron chi connectivity index (χ4n) is 3.10. The molecule has 9 heteroatoms. The van der Waals surface area contributed by atoms with Crippen LogP contribution in [0.5, 0.6) is 0 Å². The van der Waals surface area contributed by atoms with E-state index in [1.807, 2.05) is 53.1 Å². The molecular weight excluding hydrogens is 501 g/mol. The molecule has 3 aromatic rings. The maximum Gasteiger partial charge on any atom is 0.361 e. The summed E-state index contributed by atoms with van der Waals surface area (Å²) in [5, 5.41) is 0. The van der Waals surface area contributed by atoms with Gasteiger partial charge in [-0.25, -0.2) is 9.78 Å². The second-order valence-corrected chi connectivity index (χ2v) is 8.86. The smallest absolute Gasteiger partial charge is 0.361 e. The highest BCUT2D eigenvalue weighted by molar-refractivity contribution is 9.10. The molecule has 148 valence electrons. The third kappa shape index (κ3) is 4.08. The molecule has 1 aliphatic rings. The van der Waals surface area contributed by atoms with Crippen LogP contribution in [0.15, 0.2) is 64.3 Å². The van der Waals surface area contributed by atoms with E-state index in [1.54, 1.807) is 6.33 Å². The Morgan fingerprint density at radius 1 is 1.21 bits per heavy atom. The Labute approximate surface area is 190 Å². The molecule has 5 nitrogen and oxygen atoms in total. The van der Waals surface area contributed by atoms with E-state index in [0.717, 1.165) is 27.0 Å².